The van der Waals surface area contributed by atoms with Gasteiger partial charge in [0.2, 0.25) is 5.95 Å². The first kappa shape index (κ1) is 24.9. The van der Waals surface area contributed by atoms with Crippen molar-refractivity contribution >= 4 is 52.9 Å². The number of ether oxygens (including phenoxy) is 1. The Morgan fingerprint density at radius 2 is 1.75 bits per heavy atom. The summed E-state index contributed by atoms with van der Waals surface area (Å²) in [4.78, 5) is 13.8. The second-order valence-corrected chi connectivity index (χ2v) is 13.6. The van der Waals surface area contributed by atoms with Crippen LogP contribution in [0.15, 0.2) is 48.7 Å². The van der Waals surface area contributed by atoms with Gasteiger partial charge in [0, 0.05) is 43.2 Å². The Balaban J connectivity index is 1.35. The lowest BCUT2D eigenvalue weighted by molar-refractivity contribution is 0.387. The van der Waals surface area contributed by atoms with Gasteiger partial charge in [-0.1, -0.05) is 23.7 Å². The van der Waals surface area contributed by atoms with Crippen LogP contribution in [0.4, 0.5) is 28.8 Å². The van der Waals surface area contributed by atoms with Crippen LogP contribution in [0.2, 0.25) is 5.02 Å². The Morgan fingerprint density at radius 3 is 2.44 bits per heavy atom. The molecule has 36 heavy (non-hydrogen) atoms. The van der Waals surface area contributed by atoms with E-state index in [1.54, 1.807) is 26.6 Å². The zero-order valence-electron chi connectivity index (χ0n) is 21.0. The van der Waals surface area contributed by atoms with Crippen LogP contribution in [0, 0.1) is 11.8 Å². The highest BCUT2D eigenvalue weighted by Crippen LogP contribution is 2.39. The van der Waals surface area contributed by atoms with Crippen LogP contribution in [0.5, 0.6) is 5.75 Å². The molecular formula is C26H32ClN6O2P. The fourth-order valence-electron chi connectivity index (χ4n) is 5.23. The Labute approximate surface area is 217 Å². The van der Waals surface area contributed by atoms with Gasteiger partial charge in [-0.2, -0.15) is 4.98 Å². The van der Waals surface area contributed by atoms with Crippen LogP contribution in [0.25, 0.3) is 0 Å². The number of benzene rings is 2. The predicted molar refractivity (Wildman–Crippen MR) is 149 cm³/mol. The molecule has 2 aromatic carbocycles. The second kappa shape index (κ2) is 9.92. The number of hydrogen-bond acceptors (Lipinski definition) is 8. The fourth-order valence-corrected chi connectivity index (χ4v) is 6.52. The van der Waals surface area contributed by atoms with Crippen LogP contribution < -0.4 is 25.6 Å². The molecule has 2 saturated heterocycles. The number of nitrogens with one attached hydrogen (secondary N) is 2. The Hall–Kier alpha value is -2.80. The van der Waals surface area contributed by atoms with Crippen molar-refractivity contribution in [2.24, 2.45) is 11.8 Å². The SMILES string of the molecule is COc1cc(N2C[C@H]3CN(C)C[C@H]3C2)ccc1Nc1ncc(Cl)c(Nc2ccccc2P(C)(C)=O)n1. The molecule has 2 fully saturated rings. The lowest BCUT2D eigenvalue weighted by Crippen LogP contribution is -2.26. The molecular weight excluding hydrogens is 495 g/mol. The maximum absolute atomic E-state index is 12.7. The van der Waals surface area contributed by atoms with Crippen molar-refractivity contribution in [2.75, 3.05) is 69.2 Å². The number of fused-ring (bicyclic) bond motifs is 1. The molecule has 0 amide bonds. The van der Waals surface area contributed by atoms with Gasteiger partial charge < -0.3 is 29.7 Å². The van der Waals surface area contributed by atoms with Gasteiger partial charge >= 0.3 is 0 Å². The minimum absolute atomic E-state index is 0.366. The summed E-state index contributed by atoms with van der Waals surface area (Å²) in [7, 11) is 1.37. The number of likely N-dealkylation sites (tertiary alicyclic amines) is 1. The van der Waals surface area contributed by atoms with Crippen molar-refractivity contribution in [3.05, 3.63) is 53.7 Å². The van der Waals surface area contributed by atoms with E-state index in [1.165, 1.54) is 13.1 Å². The topological polar surface area (TPSA) is 82.6 Å². The summed E-state index contributed by atoms with van der Waals surface area (Å²) in [6, 6.07) is 13.7. The standard InChI is InChI=1S/C26H32ClN6O2P/c1-32-13-17-15-33(16-18(17)14-32)19-9-10-21(23(11-19)35-2)30-26-28-12-20(27)25(31-26)29-22-7-5-6-8-24(22)36(3,4)34/h5-12,17-18H,13-16H2,1-4H3,(H2,28,29,30,31)/t17-,18+. The molecule has 2 atom stereocenters. The first-order valence-electron chi connectivity index (χ1n) is 12.0. The number of rotatable bonds is 7. The highest BCUT2D eigenvalue weighted by atomic mass is 35.5. The average Bonchev–Trinajstić information content (AvgIpc) is 3.38. The van der Waals surface area contributed by atoms with E-state index in [0.717, 1.165) is 47.4 Å². The van der Waals surface area contributed by atoms with Crippen molar-refractivity contribution in [1.82, 2.24) is 14.9 Å². The zero-order valence-corrected chi connectivity index (χ0v) is 22.7. The molecule has 190 valence electrons. The molecule has 0 saturated carbocycles. The highest BCUT2D eigenvalue weighted by molar-refractivity contribution is 7.70. The van der Waals surface area contributed by atoms with Crippen LogP contribution in [0.1, 0.15) is 0 Å². The number of aromatic nitrogens is 2. The Morgan fingerprint density at radius 1 is 1.03 bits per heavy atom. The maximum atomic E-state index is 12.7. The van der Waals surface area contributed by atoms with Gasteiger partial charge in [0.1, 0.15) is 17.9 Å². The summed E-state index contributed by atoms with van der Waals surface area (Å²) in [6.45, 7) is 7.96. The van der Waals surface area contributed by atoms with Crippen LogP contribution in [-0.4, -0.2) is 68.5 Å². The van der Waals surface area contributed by atoms with Crippen molar-refractivity contribution in [1.29, 1.82) is 0 Å². The van der Waals surface area contributed by atoms with Crippen molar-refractivity contribution in [3.8, 4) is 5.75 Å². The largest absolute Gasteiger partial charge is 0.494 e. The number of anilines is 5. The van der Waals surface area contributed by atoms with E-state index >= 15 is 0 Å². The predicted octanol–water partition coefficient (Wildman–Crippen LogP) is 4.87. The molecule has 0 spiro atoms. The molecule has 0 radical (unpaired) electrons. The molecule has 3 aromatic rings. The van der Waals surface area contributed by atoms with Crippen molar-refractivity contribution < 1.29 is 9.30 Å². The van der Waals surface area contributed by atoms with E-state index in [4.69, 9.17) is 16.3 Å². The van der Waals surface area contributed by atoms with Gasteiger partial charge in [0.25, 0.3) is 0 Å². The van der Waals surface area contributed by atoms with Gasteiger partial charge in [-0.25, -0.2) is 4.98 Å². The van der Waals surface area contributed by atoms with E-state index in [9.17, 15) is 4.57 Å². The minimum atomic E-state index is -2.50. The summed E-state index contributed by atoms with van der Waals surface area (Å²) >= 11 is 6.40. The number of para-hydroxylation sites is 1. The molecule has 8 nitrogen and oxygen atoms in total. The molecule has 5 rings (SSSR count). The smallest absolute Gasteiger partial charge is 0.229 e. The van der Waals surface area contributed by atoms with Gasteiger partial charge in [-0.15, -0.1) is 0 Å². The van der Waals surface area contributed by atoms with Crippen LogP contribution in [0.3, 0.4) is 0 Å². The summed E-state index contributed by atoms with van der Waals surface area (Å²) in [5.74, 6) is 2.98. The minimum Gasteiger partial charge on any atom is -0.494 e. The number of nitrogens with zero attached hydrogens (tertiary/aromatic N) is 4. The Bertz CT molecular complexity index is 1300. The third kappa shape index (κ3) is 5.17. The van der Waals surface area contributed by atoms with Gasteiger partial charge in [-0.05, 0) is 56.5 Å². The molecule has 0 bridgehead atoms. The second-order valence-electron chi connectivity index (χ2n) is 10.0. The van der Waals surface area contributed by atoms with Crippen molar-refractivity contribution in [3.63, 3.8) is 0 Å². The van der Waals surface area contributed by atoms with E-state index in [2.05, 4.69) is 49.6 Å². The molecule has 2 aliphatic heterocycles. The number of halogens is 1. The maximum Gasteiger partial charge on any atom is 0.229 e. The molecule has 1 aromatic heterocycles. The molecule has 2 aliphatic rings. The van der Waals surface area contributed by atoms with E-state index in [1.807, 2.05) is 30.3 Å². The van der Waals surface area contributed by atoms with Crippen LogP contribution >= 0.6 is 18.7 Å². The summed E-state index contributed by atoms with van der Waals surface area (Å²) in [5, 5.41) is 7.60. The zero-order chi connectivity index (χ0) is 25.4. The lowest BCUT2D eigenvalue weighted by atomic mass is 10.0. The van der Waals surface area contributed by atoms with Gasteiger partial charge in [-0.3, -0.25) is 0 Å². The Kier molecular flexibility index (Phi) is 6.86. The monoisotopic (exact) mass is 526 g/mol. The number of methoxy groups -OCH3 is 1. The first-order chi connectivity index (χ1) is 17.2. The van der Waals surface area contributed by atoms with Crippen LogP contribution in [-0.2, 0) is 4.57 Å². The van der Waals surface area contributed by atoms with Gasteiger partial charge in [0.05, 0.1) is 24.7 Å². The highest BCUT2D eigenvalue weighted by Gasteiger charge is 2.38. The average molecular weight is 527 g/mol. The summed E-state index contributed by atoms with van der Waals surface area (Å²) in [6.07, 6.45) is 1.54. The summed E-state index contributed by atoms with van der Waals surface area (Å²) < 4.78 is 18.5. The number of hydrogen-bond donors (Lipinski definition) is 2. The first-order valence-corrected chi connectivity index (χ1v) is 15.0. The molecule has 3 heterocycles. The lowest BCUT2D eigenvalue weighted by Gasteiger charge is -2.22. The third-order valence-electron chi connectivity index (χ3n) is 6.95. The van der Waals surface area contributed by atoms with Crippen molar-refractivity contribution in [2.45, 2.75) is 0 Å². The normalized spacial score (nSPS) is 19.9. The molecule has 0 unspecified atom stereocenters. The summed E-state index contributed by atoms with van der Waals surface area (Å²) in [5.41, 5.74) is 2.63. The van der Waals surface area contributed by atoms with E-state index in [-0.39, 0.29) is 0 Å². The van der Waals surface area contributed by atoms with E-state index < -0.39 is 7.14 Å². The fraction of sp³-hybridized carbons (Fsp3) is 0.385. The van der Waals surface area contributed by atoms with E-state index in [0.29, 0.717) is 22.5 Å². The molecule has 2 N–H and O–H groups in total. The van der Waals surface area contributed by atoms with Gasteiger partial charge in [0.15, 0.2) is 5.82 Å². The molecule has 0 aliphatic carbocycles. The third-order valence-corrected chi connectivity index (χ3v) is 8.77. The quantitative estimate of drug-likeness (QED) is 0.422. The molecule has 10 heteroatoms.